The first-order chi connectivity index (χ1) is 8.91. The van der Waals surface area contributed by atoms with E-state index >= 15 is 0 Å². The van der Waals surface area contributed by atoms with Crippen molar-refractivity contribution in [2.75, 3.05) is 27.3 Å². The lowest BCUT2D eigenvalue weighted by molar-refractivity contribution is -0.132. The maximum atomic E-state index is 11.2. The van der Waals surface area contributed by atoms with Crippen LogP contribution in [0.15, 0.2) is 18.3 Å². The Morgan fingerprint density at radius 3 is 2.68 bits per heavy atom. The smallest absolute Gasteiger partial charge is 0.335 e. The first-order valence-electron chi connectivity index (χ1n) is 5.47. The number of hydrogen-bond donors (Lipinski definition) is 2. The number of amides is 1. The van der Waals surface area contributed by atoms with Gasteiger partial charge in [-0.3, -0.25) is 9.78 Å². The van der Waals surface area contributed by atoms with Crippen LogP contribution in [0.3, 0.4) is 0 Å². The Morgan fingerprint density at radius 1 is 1.42 bits per heavy atom. The molecule has 0 atom stereocenters. The lowest BCUT2D eigenvalue weighted by atomic mass is 10.2. The lowest BCUT2D eigenvalue weighted by Gasteiger charge is -2.10. The molecule has 0 aromatic carbocycles. The summed E-state index contributed by atoms with van der Waals surface area (Å²) >= 11 is 0. The molecular formula is C12H15N3O4. The van der Waals surface area contributed by atoms with Gasteiger partial charge >= 0.3 is 5.97 Å². The van der Waals surface area contributed by atoms with Crippen molar-refractivity contribution in [1.29, 1.82) is 5.41 Å². The number of aromatic nitrogens is 1. The van der Waals surface area contributed by atoms with Gasteiger partial charge in [-0.15, -0.1) is 0 Å². The number of aromatic carboxylic acids is 1. The number of carbonyl (C=O) groups excluding carboxylic acids is 1. The highest BCUT2D eigenvalue weighted by Crippen LogP contribution is 2.03. The van der Waals surface area contributed by atoms with Crippen LogP contribution < -0.4 is 0 Å². The summed E-state index contributed by atoms with van der Waals surface area (Å²) < 4.78 is 5.07. The van der Waals surface area contributed by atoms with E-state index in [1.54, 1.807) is 14.1 Å². The summed E-state index contributed by atoms with van der Waals surface area (Å²) in [4.78, 5) is 27.3. The number of likely N-dealkylation sites (N-methyl/N-ethyl adjacent to an activating group) is 1. The van der Waals surface area contributed by atoms with Crippen molar-refractivity contribution in [2.45, 2.75) is 0 Å². The monoisotopic (exact) mass is 265 g/mol. The fourth-order valence-electron chi connectivity index (χ4n) is 1.17. The first-order valence-corrected chi connectivity index (χ1v) is 5.47. The Kier molecular flexibility index (Phi) is 5.13. The van der Waals surface area contributed by atoms with Gasteiger partial charge in [0.25, 0.3) is 0 Å². The average molecular weight is 265 g/mol. The van der Waals surface area contributed by atoms with Gasteiger partial charge in [-0.25, -0.2) is 4.79 Å². The molecule has 0 aliphatic rings. The number of carbonyl (C=O) groups is 2. The Morgan fingerprint density at radius 2 is 2.11 bits per heavy atom. The largest absolute Gasteiger partial charge is 0.478 e. The number of rotatable bonds is 6. The quantitative estimate of drug-likeness (QED) is 0.718. The van der Waals surface area contributed by atoms with E-state index in [1.807, 2.05) is 0 Å². The van der Waals surface area contributed by atoms with E-state index in [4.69, 9.17) is 15.3 Å². The molecule has 19 heavy (non-hydrogen) atoms. The van der Waals surface area contributed by atoms with Crippen LogP contribution in [-0.2, 0) is 9.53 Å². The van der Waals surface area contributed by atoms with E-state index in [9.17, 15) is 9.59 Å². The molecule has 1 amide bonds. The molecule has 0 fully saturated rings. The van der Waals surface area contributed by atoms with E-state index in [-0.39, 0.29) is 36.1 Å². The SMILES string of the molecule is CN(C)C(=O)COCC(=N)c1cc(C(=O)O)ccn1. The molecule has 0 bridgehead atoms. The lowest BCUT2D eigenvalue weighted by Crippen LogP contribution is -2.27. The van der Waals surface area contributed by atoms with Gasteiger partial charge in [-0.05, 0) is 12.1 Å². The van der Waals surface area contributed by atoms with Gasteiger partial charge < -0.3 is 20.2 Å². The average Bonchev–Trinajstić information content (AvgIpc) is 2.38. The van der Waals surface area contributed by atoms with Crippen molar-refractivity contribution in [2.24, 2.45) is 0 Å². The van der Waals surface area contributed by atoms with Crippen LogP contribution in [0.2, 0.25) is 0 Å². The van der Waals surface area contributed by atoms with Crippen LogP contribution in [-0.4, -0.2) is 59.9 Å². The number of ether oxygens (including phenoxy) is 1. The molecule has 1 heterocycles. The molecule has 1 aromatic rings. The Balaban J connectivity index is 2.57. The third-order valence-corrected chi connectivity index (χ3v) is 2.29. The third-order valence-electron chi connectivity index (χ3n) is 2.29. The molecule has 0 radical (unpaired) electrons. The number of carboxylic acid groups (broad SMARTS) is 1. The van der Waals surface area contributed by atoms with Crippen molar-refractivity contribution in [3.63, 3.8) is 0 Å². The highest BCUT2D eigenvalue weighted by atomic mass is 16.5. The van der Waals surface area contributed by atoms with Gasteiger partial charge in [-0.2, -0.15) is 0 Å². The van der Waals surface area contributed by atoms with E-state index in [2.05, 4.69) is 4.98 Å². The third kappa shape index (κ3) is 4.47. The number of carboxylic acids is 1. The van der Waals surface area contributed by atoms with Crippen molar-refractivity contribution in [1.82, 2.24) is 9.88 Å². The van der Waals surface area contributed by atoms with E-state index < -0.39 is 5.97 Å². The Hall–Kier alpha value is -2.28. The summed E-state index contributed by atoms with van der Waals surface area (Å²) in [7, 11) is 3.21. The van der Waals surface area contributed by atoms with Crippen LogP contribution in [0.5, 0.6) is 0 Å². The van der Waals surface area contributed by atoms with Gasteiger partial charge in [0.05, 0.1) is 23.6 Å². The summed E-state index contributed by atoms with van der Waals surface area (Å²) in [5.74, 6) is -1.29. The van der Waals surface area contributed by atoms with E-state index in [0.717, 1.165) is 0 Å². The molecule has 0 saturated carbocycles. The molecule has 7 nitrogen and oxygen atoms in total. The second kappa shape index (κ2) is 6.60. The summed E-state index contributed by atoms with van der Waals surface area (Å²) in [6.45, 7) is -0.232. The Bertz CT molecular complexity index is 500. The summed E-state index contributed by atoms with van der Waals surface area (Å²) in [5, 5.41) is 16.5. The van der Waals surface area contributed by atoms with Gasteiger partial charge in [0.1, 0.15) is 6.61 Å². The molecule has 2 N–H and O–H groups in total. The second-order valence-corrected chi connectivity index (χ2v) is 3.99. The summed E-state index contributed by atoms with van der Waals surface area (Å²) in [5.41, 5.74) is 0.297. The van der Waals surface area contributed by atoms with Gasteiger partial charge in [0.15, 0.2) is 0 Å². The fraction of sp³-hybridized carbons (Fsp3) is 0.333. The summed E-state index contributed by atoms with van der Waals surface area (Å²) in [6.07, 6.45) is 1.32. The molecule has 102 valence electrons. The number of hydrogen-bond acceptors (Lipinski definition) is 5. The van der Waals surface area contributed by atoms with Crippen molar-refractivity contribution in [3.8, 4) is 0 Å². The predicted octanol–water partition coefficient (Wildman–Crippen LogP) is 0.252. The van der Waals surface area contributed by atoms with Crippen molar-refractivity contribution in [3.05, 3.63) is 29.6 Å². The van der Waals surface area contributed by atoms with Gasteiger partial charge in [0, 0.05) is 20.3 Å². The molecule has 0 spiro atoms. The molecule has 1 aromatic heterocycles. The Labute approximate surface area is 110 Å². The van der Waals surface area contributed by atoms with Crippen molar-refractivity contribution < 1.29 is 19.4 Å². The zero-order valence-electron chi connectivity index (χ0n) is 10.7. The number of nitrogens with zero attached hydrogens (tertiary/aromatic N) is 2. The molecule has 0 aliphatic heterocycles. The van der Waals surface area contributed by atoms with Crippen LogP contribution in [0.4, 0.5) is 0 Å². The van der Waals surface area contributed by atoms with Crippen LogP contribution in [0, 0.1) is 5.41 Å². The maximum Gasteiger partial charge on any atom is 0.335 e. The minimum absolute atomic E-state index is 0.0228. The number of nitrogens with one attached hydrogen (secondary N) is 1. The molecule has 0 unspecified atom stereocenters. The molecule has 1 rings (SSSR count). The normalized spacial score (nSPS) is 10.0. The van der Waals surface area contributed by atoms with E-state index in [0.29, 0.717) is 0 Å². The van der Waals surface area contributed by atoms with Crippen LogP contribution in [0.1, 0.15) is 16.1 Å². The minimum Gasteiger partial charge on any atom is -0.478 e. The maximum absolute atomic E-state index is 11.2. The van der Waals surface area contributed by atoms with E-state index in [1.165, 1.54) is 23.2 Å². The predicted molar refractivity (Wildman–Crippen MR) is 67.5 cm³/mol. The molecule has 7 heteroatoms. The van der Waals surface area contributed by atoms with Crippen LogP contribution in [0.25, 0.3) is 0 Å². The number of pyridine rings is 1. The standard InChI is InChI=1S/C12H15N3O4/c1-15(2)11(16)7-19-6-9(13)10-5-8(12(17)18)3-4-14-10/h3-5,13H,6-7H2,1-2H3,(H,17,18). The molecular weight excluding hydrogens is 250 g/mol. The van der Waals surface area contributed by atoms with Crippen molar-refractivity contribution >= 4 is 17.6 Å². The topological polar surface area (TPSA) is 104 Å². The molecule has 0 saturated heterocycles. The minimum atomic E-state index is -1.08. The fourth-order valence-corrected chi connectivity index (χ4v) is 1.17. The van der Waals surface area contributed by atoms with Gasteiger partial charge in [-0.1, -0.05) is 0 Å². The molecule has 0 aliphatic carbocycles. The zero-order chi connectivity index (χ0) is 14.4. The second-order valence-electron chi connectivity index (χ2n) is 3.99. The van der Waals surface area contributed by atoms with Gasteiger partial charge in [0.2, 0.25) is 5.91 Å². The summed E-state index contributed by atoms with van der Waals surface area (Å²) in [6, 6.07) is 2.64. The first kappa shape index (κ1) is 14.8. The zero-order valence-corrected chi connectivity index (χ0v) is 10.7. The van der Waals surface area contributed by atoms with Crippen LogP contribution >= 0.6 is 0 Å². The highest BCUT2D eigenvalue weighted by Gasteiger charge is 2.10. The highest BCUT2D eigenvalue weighted by molar-refractivity contribution is 5.99.